The van der Waals surface area contributed by atoms with Gasteiger partial charge in [-0.05, 0) is 49.9 Å². The summed E-state index contributed by atoms with van der Waals surface area (Å²) >= 11 is 0. The van der Waals surface area contributed by atoms with Crippen molar-refractivity contribution in [2.45, 2.75) is 25.8 Å². The molecule has 0 radical (unpaired) electrons. The minimum atomic E-state index is -0.0282. The molecule has 5 heteroatoms. The predicted octanol–water partition coefficient (Wildman–Crippen LogP) is 2.21. The van der Waals surface area contributed by atoms with E-state index >= 15 is 0 Å². The molecule has 1 aliphatic rings. The lowest BCUT2D eigenvalue weighted by Gasteiger charge is -2.29. The van der Waals surface area contributed by atoms with Crippen LogP contribution in [0.4, 0.5) is 5.69 Å². The van der Waals surface area contributed by atoms with Crippen molar-refractivity contribution in [3.63, 3.8) is 0 Å². The van der Waals surface area contributed by atoms with Crippen LogP contribution in [0, 0.1) is 5.92 Å². The number of hydrogen-bond acceptors (Lipinski definition) is 3. The van der Waals surface area contributed by atoms with Crippen LogP contribution in [-0.2, 0) is 4.79 Å². The molecular formula is C14H21ClN2O2. The molecule has 1 saturated carbocycles. The number of nitrogens with two attached hydrogens (primary N) is 1. The van der Waals surface area contributed by atoms with Crippen LogP contribution in [0.25, 0.3) is 0 Å². The second kappa shape index (κ2) is 6.78. The van der Waals surface area contributed by atoms with Crippen LogP contribution >= 0.6 is 12.4 Å². The van der Waals surface area contributed by atoms with Crippen molar-refractivity contribution in [2.24, 2.45) is 11.7 Å². The van der Waals surface area contributed by atoms with Gasteiger partial charge < -0.3 is 15.4 Å². The fourth-order valence-electron chi connectivity index (χ4n) is 2.24. The molecule has 0 bridgehead atoms. The molecule has 19 heavy (non-hydrogen) atoms. The fourth-order valence-corrected chi connectivity index (χ4v) is 2.24. The highest BCUT2D eigenvalue weighted by Gasteiger charge is 2.34. The molecule has 1 atom stereocenters. The highest BCUT2D eigenvalue weighted by Crippen LogP contribution is 2.37. The molecule has 0 spiro atoms. The normalized spacial score (nSPS) is 15.3. The van der Waals surface area contributed by atoms with E-state index in [9.17, 15) is 4.79 Å². The largest absolute Gasteiger partial charge is 0.497 e. The fraction of sp³-hybridized carbons (Fsp3) is 0.500. The van der Waals surface area contributed by atoms with Crippen molar-refractivity contribution in [3.05, 3.63) is 24.3 Å². The maximum absolute atomic E-state index is 12.0. The molecular weight excluding hydrogens is 264 g/mol. The number of hydrogen-bond donors (Lipinski definition) is 1. The van der Waals surface area contributed by atoms with E-state index in [1.54, 1.807) is 7.11 Å². The van der Waals surface area contributed by atoms with Gasteiger partial charge in [0.1, 0.15) is 5.75 Å². The third kappa shape index (κ3) is 3.61. The standard InChI is InChI=1S/C14H20N2O2.ClH/c1-10(11-3-4-11)16(14(17)9-15)12-5-7-13(18-2)8-6-12;/h5-8,10-11H,3-4,9,15H2,1-2H3;1H. The van der Waals surface area contributed by atoms with Crippen molar-refractivity contribution in [1.82, 2.24) is 0 Å². The summed E-state index contributed by atoms with van der Waals surface area (Å²) in [6.45, 7) is 2.14. The molecule has 0 aromatic heterocycles. The molecule has 1 fully saturated rings. The molecule has 0 aliphatic heterocycles. The zero-order chi connectivity index (χ0) is 13.1. The minimum absolute atomic E-state index is 0. The molecule has 2 N–H and O–H groups in total. The van der Waals surface area contributed by atoms with Gasteiger partial charge in [-0.3, -0.25) is 4.79 Å². The number of carbonyl (C=O) groups is 1. The van der Waals surface area contributed by atoms with E-state index < -0.39 is 0 Å². The highest BCUT2D eigenvalue weighted by atomic mass is 35.5. The SMILES string of the molecule is COc1ccc(N(C(=O)CN)C(C)C2CC2)cc1.Cl. The summed E-state index contributed by atoms with van der Waals surface area (Å²) in [5.74, 6) is 1.38. The third-order valence-electron chi connectivity index (χ3n) is 3.51. The predicted molar refractivity (Wildman–Crippen MR) is 79.0 cm³/mol. The zero-order valence-corrected chi connectivity index (χ0v) is 12.2. The topological polar surface area (TPSA) is 55.6 Å². The number of rotatable bonds is 5. The van der Waals surface area contributed by atoms with Gasteiger partial charge >= 0.3 is 0 Å². The van der Waals surface area contributed by atoms with Gasteiger partial charge in [0.25, 0.3) is 0 Å². The van der Waals surface area contributed by atoms with Crippen molar-refractivity contribution in [1.29, 1.82) is 0 Å². The number of methoxy groups -OCH3 is 1. The third-order valence-corrected chi connectivity index (χ3v) is 3.51. The molecule has 1 unspecified atom stereocenters. The monoisotopic (exact) mass is 284 g/mol. The number of ether oxygens (including phenoxy) is 1. The quantitative estimate of drug-likeness (QED) is 0.902. The first-order chi connectivity index (χ1) is 8.67. The molecule has 2 rings (SSSR count). The van der Waals surface area contributed by atoms with E-state index in [4.69, 9.17) is 10.5 Å². The van der Waals surface area contributed by atoms with E-state index in [1.807, 2.05) is 29.2 Å². The Hall–Kier alpha value is -1.26. The molecule has 106 valence electrons. The summed E-state index contributed by atoms with van der Waals surface area (Å²) in [5.41, 5.74) is 6.40. The molecule has 1 aliphatic carbocycles. The van der Waals surface area contributed by atoms with E-state index in [0.29, 0.717) is 5.92 Å². The van der Waals surface area contributed by atoms with Crippen molar-refractivity contribution >= 4 is 24.0 Å². The lowest BCUT2D eigenvalue weighted by Crippen LogP contribution is -2.43. The Morgan fingerprint density at radius 2 is 2.00 bits per heavy atom. The van der Waals surface area contributed by atoms with Gasteiger partial charge in [0.15, 0.2) is 0 Å². The first-order valence-corrected chi connectivity index (χ1v) is 6.33. The van der Waals surface area contributed by atoms with Gasteiger partial charge in [-0.25, -0.2) is 0 Å². The van der Waals surface area contributed by atoms with E-state index in [0.717, 1.165) is 11.4 Å². The number of anilines is 1. The Morgan fingerprint density at radius 3 is 2.42 bits per heavy atom. The van der Waals surface area contributed by atoms with Gasteiger partial charge in [-0.1, -0.05) is 0 Å². The van der Waals surface area contributed by atoms with Crippen LogP contribution in [-0.4, -0.2) is 25.6 Å². The molecule has 0 saturated heterocycles. The maximum atomic E-state index is 12.0. The van der Waals surface area contributed by atoms with Gasteiger partial charge in [0.2, 0.25) is 5.91 Å². The molecule has 4 nitrogen and oxygen atoms in total. The van der Waals surface area contributed by atoms with Crippen LogP contribution in [0.5, 0.6) is 5.75 Å². The van der Waals surface area contributed by atoms with Gasteiger partial charge in [0.05, 0.1) is 13.7 Å². The first-order valence-electron chi connectivity index (χ1n) is 6.33. The van der Waals surface area contributed by atoms with Crippen molar-refractivity contribution < 1.29 is 9.53 Å². The average molecular weight is 285 g/mol. The summed E-state index contributed by atoms with van der Waals surface area (Å²) in [6.07, 6.45) is 2.40. The first kappa shape index (κ1) is 15.8. The highest BCUT2D eigenvalue weighted by molar-refractivity contribution is 5.95. The van der Waals surface area contributed by atoms with Crippen molar-refractivity contribution in [3.8, 4) is 5.75 Å². The second-order valence-electron chi connectivity index (χ2n) is 4.74. The van der Waals surface area contributed by atoms with Gasteiger partial charge in [-0.15, -0.1) is 12.4 Å². The van der Waals surface area contributed by atoms with E-state index in [-0.39, 0.29) is 30.9 Å². The summed E-state index contributed by atoms with van der Waals surface area (Å²) < 4.78 is 5.13. The Bertz CT molecular complexity index is 418. The Labute approximate surface area is 120 Å². The molecule has 1 aromatic carbocycles. The second-order valence-corrected chi connectivity index (χ2v) is 4.74. The summed E-state index contributed by atoms with van der Waals surface area (Å²) in [4.78, 5) is 13.8. The van der Waals surface area contributed by atoms with Gasteiger partial charge in [-0.2, -0.15) is 0 Å². The number of nitrogens with zero attached hydrogens (tertiary/aromatic N) is 1. The van der Waals surface area contributed by atoms with E-state index in [1.165, 1.54) is 12.8 Å². The average Bonchev–Trinajstić information content (AvgIpc) is 3.23. The summed E-state index contributed by atoms with van der Waals surface area (Å²) in [6, 6.07) is 7.77. The smallest absolute Gasteiger partial charge is 0.240 e. The van der Waals surface area contributed by atoms with Crippen molar-refractivity contribution in [2.75, 3.05) is 18.6 Å². The number of halogens is 1. The van der Waals surface area contributed by atoms with Crippen LogP contribution in [0.3, 0.4) is 0 Å². The number of benzene rings is 1. The summed E-state index contributed by atoms with van der Waals surface area (Å²) in [5, 5.41) is 0. The summed E-state index contributed by atoms with van der Waals surface area (Å²) in [7, 11) is 1.63. The molecule has 1 amide bonds. The molecule has 0 heterocycles. The van der Waals surface area contributed by atoms with Gasteiger partial charge in [0, 0.05) is 11.7 Å². The molecule has 1 aromatic rings. The number of amides is 1. The Kier molecular flexibility index (Phi) is 5.63. The van der Waals surface area contributed by atoms with E-state index in [2.05, 4.69) is 6.92 Å². The van der Waals surface area contributed by atoms with Crippen LogP contribution in [0.2, 0.25) is 0 Å². The van der Waals surface area contributed by atoms with Crippen LogP contribution < -0.4 is 15.4 Å². The van der Waals surface area contributed by atoms with Crippen LogP contribution in [0.15, 0.2) is 24.3 Å². The maximum Gasteiger partial charge on any atom is 0.240 e. The Balaban J connectivity index is 0.00000180. The van der Waals surface area contributed by atoms with Crippen LogP contribution in [0.1, 0.15) is 19.8 Å². The lowest BCUT2D eigenvalue weighted by atomic mass is 10.1. The lowest BCUT2D eigenvalue weighted by molar-refractivity contribution is -0.117. The minimum Gasteiger partial charge on any atom is -0.497 e. The Morgan fingerprint density at radius 1 is 1.42 bits per heavy atom. The zero-order valence-electron chi connectivity index (χ0n) is 11.3. The number of carbonyl (C=O) groups excluding carboxylic acids is 1.